The van der Waals surface area contributed by atoms with Crippen LogP contribution in [-0.2, 0) is 0 Å². The summed E-state index contributed by atoms with van der Waals surface area (Å²) in [4.78, 5) is 1.29. The molecule has 1 aromatic carbocycles. The van der Waals surface area contributed by atoms with Crippen molar-refractivity contribution < 1.29 is 0 Å². The SMILES string of the molecule is CSc1cccc(NCC(CN)C(C)C)c1. The molecule has 3 N–H and O–H groups in total. The predicted molar refractivity (Wildman–Crippen MR) is 74.1 cm³/mol. The molecule has 2 nitrogen and oxygen atoms in total. The van der Waals surface area contributed by atoms with Gasteiger partial charge in [-0.05, 0) is 42.8 Å². The standard InChI is InChI=1S/C13H22N2S/c1-10(2)11(8-14)9-15-12-5-4-6-13(7-12)16-3/h4-7,10-11,15H,8-9,14H2,1-3H3. The molecule has 1 atom stereocenters. The predicted octanol–water partition coefficient (Wildman–Crippen LogP) is 3.05. The first-order valence-electron chi connectivity index (χ1n) is 5.75. The van der Waals surface area contributed by atoms with Gasteiger partial charge < -0.3 is 11.1 Å². The molecule has 0 radical (unpaired) electrons. The molecule has 0 saturated heterocycles. The summed E-state index contributed by atoms with van der Waals surface area (Å²) < 4.78 is 0. The summed E-state index contributed by atoms with van der Waals surface area (Å²) in [5.74, 6) is 1.17. The topological polar surface area (TPSA) is 38.0 Å². The third kappa shape index (κ3) is 4.06. The van der Waals surface area contributed by atoms with E-state index in [1.807, 2.05) is 0 Å². The van der Waals surface area contributed by atoms with E-state index >= 15 is 0 Å². The van der Waals surface area contributed by atoms with Crippen molar-refractivity contribution in [3.05, 3.63) is 24.3 Å². The van der Waals surface area contributed by atoms with Gasteiger partial charge in [-0.15, -0.1) is 11.8 Å². The van der Waals surface area contributed by atoms with Gasteiger partial charge >= 0.3 is 0 Å². The smallest absolute Gasteiger partial charge is 0.0351 e. The van der Waals surface area contributed by atoms with Crippen molar-refractivity contribution in [2.45, 2.75) is 18.7 Å². The van der Waals surface area contributed by atoms with E-state index in [0.29, 0.717) is 11.8 Å². The molecule has 0 aliphatic carbocycles. The Balaban J connectivity index is 2.53. The van der Waals surface area contributed by atoms with Gasteiger partial charge in [-0.25, -0.2) is 0 Å². The number of hydrogen-bond acceptors (Lipinski definition) is 3. The first-order chi connectivity index (χ1) is 7.67. The molecule has 0 saturated carbocycles. The van der Waals surface area contributed by atoms with Crippen molar-refractivity contribution in [3.8, 4) is 0 Å². The third-order valence-electron chi connectivity index (χ3n) is 2.88. The summed E-state index contributed by atoms with van der Waals surface area (Å²) in [6.07, 6.45) is 2.09. The zero-order valence-electron chi connectivity index (χ0n) is 10.4. The van der Waals surface area contributed by atoms with Gasteiger partial charge in [-0.3, -0.25) is 0 Å². The molecule has 0 spiro atoms. The number of anilines is 1. The minimum Gasteiger partial charge on any atom is -0.385 e. The van der Waals surface area contributed by atoms with Crippen LogP contribution in [0.5, 0.6) is 0 Å². The van der Waals surface area contributed by atoms with Gasteiger partial charge in [-0.1, -0.05) is 19.9 Å². The fraction of sp³-hybridized carbons (Fsp3) is 0.538. The molecule has 90 valence electrons. The van der Waals surface area contributed by atoms with Crippen molar-refractivity contribution in [1.29, 1.82) is 0 Å². The highest BCUT2D eigenvalue weighted by Crippen LogP contribution is 2.19. The van der Waals surface area contributed by atoms with E-state index in [2.05, 4.69) is 49.7 Å². The number of hydrogen-bond donors (Lipinski definition) is 2. The van der Waals surface area contributed by atoms with Crippen LogP contribution in [0.2, 0.25) is 0 Å². The molecule has 0 bridgehead atoms. The lowest BCUT2D eigenvalue weighted by atomic mass is 9.96. The Kier molecular flexibility index (Phi) is 5.71. The van der Waals surface area contributed by atoms with Crippen LogP contribution in [0.4, 0.5) is 5.69 Å². The summed E-state index contributed by atoms with van der Waals surface area (Å²) in [6.45, 7) is 6.13. The second-order valence-electron chi connectivity index (χ2n) is 4.35. The molecule has 0 heterocycles. The van der Waals surface area contributed by atoms with Gasteiger partial charge in [0, 0.05) is 17.1 Å². The maximum Gasteiger partial charge on any atom is 0.0351 e. The average Bonchev–Trinajstić information content (AvgIpc) is 2.29. The Morgan fingerprint density at radius 2 is 2.12 bits per heavy atom. The lowest BCUT2D eigenvalue weighted by Gasteiger charge is -2.20. The Morgan fingerprint density at radius 1 is 1.38 bits per heavy atom. The van der Waals surface area contributed by atoms with Gasteiger partial charge in [0.15, 0.2) is 0 Å². The molecule has 1 rings (SSSR count). The largest absolute Gasteiger partial charge is 0.385 e. The number of benzene rings is 1. The van der Waals surface area contributed by atoms with Crippen molar-refractivity contribution in [1.82, 2.24) is 0 Å². The summed E-state index contributed by atoms with van der Waals surface area (Å²) in [6, 6.07) is 8.49. The highest BCUT2D eigenvalue weighted by Gasteiger charge is 2.10. The van der Waals surface area contributed by atoms with Crippen LogP contribution in [0, 0.1) is 11.8 Å². The van der Waals surface area contributed by atoms with E-state index in [-0.39, 0.29) is 0 Å². The fourth-order valence-corrected chi connectivity index (χ4v) is 2.03. The monoisotopic (exact) mass is 238 g/mol. The average molecular weight is 238 g/mol. The van der Waals surface area contributed by atoms with Crippen molar-refractivity contribution in [2.75, 3.05) is 24.7 Å². The van der Waals surface area contributed by atoms with Crippen molar-refractivity contribution in [3.63, 3.8) is 0 Å². The molecule has 0 aliphatic rings. The molecule has 3 heteroatoms. The van der Waals surface area contributed by atoms with Crippen LogP contribution in [0.3, 0.4) is 0 Å². The zero-order chi connectivity index (χ0) is 12.0. The summed E-state index contributed by atoms with van der Waals surface area (Å²) >= 11 is 1.76. The molecule has 16 heavy (non-hydrogen) atoms. The Bertz CT molecular complexity index is 313. The minimum atomic E-state index is 0.540. The molecule has 0 aromatic heterocycles. The van der Waals surface area contributed by atoms with E-state index < -0.39 is 0 Å². The van der Waals surface area contributed by atoms with E-state index in [1.165, 1.54) is 10.6 Å². The van der Waals surface area contributed by atoms with Crippen LogP contribution in [0.15, 0.2) is 29.2 Å². The normalized spacial score (nSPS) is 12.8. The van der Waals surface area contributed by atoms with Crippen molar-refractivity contribution >= 4 is 17.4 Å². The zero-order valence-corrected chi connectivity index (χ0v) is 11.2. The van der Waals surface area contributed by atoms with E-state index in [9.17, 15) is 0 Å². The molecule has 0 amide bonds. The first-order valence-corrected chi connectivity index (χ1v) is 6.97. The Morgan fingerprint density at radius 3 is 2.69 bits per heavy atom. The highest BCUT2D eigenvalue weighted by atomic mass is 32.2. The van der Waals surface area contributed by atoms with E-state index in [4.69, 9.17) is 5.73 Å². The molecular formula is C13H22N2S. The van der Waals surface area contributed by atoms with Gasteiger partial charge in [0.1, 0.15) is 0 Å². The first kappa shape index (κ1) is 13.4. The van der Waals surface area contributed by atoms with Gasteiger partial charge in [0.25, 0.3) is 0 Å². The van der Waals surface area contributed by atoms with E-state index in [0.717, 1.165) is 13.1 Å². The number of thioether (sulfide) groups is 1. The second kappa shape index (κ2) is 6.81. The van der Waals surface area contributed by atoms with Crippen LogP contribution in [0.25, 0.3) is 0 Å². The Labute approximate surface area is 103 Å². The Hall–Kier alpha value is -0.670. The lowest BCUT2D eigenvalue weighted by molar-refractivity contribution is 0.413. The van der Waals surface area contributed by atoms with Gasteiger partial charge in [-0.2, -0.15) is 0 Å². The van der Waals surface area contributed by atoms with Crippen LogP contribution in [-0.4, -0.2) is 19.3 Å². The molecular weight excluding hydrogens is 216 g/mol. The highest BCUT2D eigenvalue weighted by molar-refractivity contribution is 7.98. The summed E-state index contributed by atoms with van der Waals surface area (Å²) in [5.41, 5.74) is 6.94. The lowest BCUT2D eigenvalue weighted by Crippen LogP contribution is -2.27. The molecule has 0 aliphatic heterocycles. The maximum absolute atomic E-state index is 5.75. The second-order valence-corrected chi connectivity index (χ2v) is 5.23. The fourth-order valence-electron chi connectivity index (χ4n) is 1.57. The molecule has 0 fully saturated rings. The summed E-state index contributed by atoms with van der Waals surface area (Å²) in [7, 11) is 0. The molecule has 1 unspecified atom stereocenters. The molecule has 1 aromatic rings. The number of nitrogens with two attached hydrogens (primary N) is 1. The van der Waals surface area contributed by atoms with Crippen molar-refractivity contribution in [2.24, 2.45) is 17.6 Å². The third-order valence-corrected chi connectivity index (χ3v) is 3.61. The van der Waals surface area contributed by atoms with Crippen LogP contribution < -0.4 is 11.1 Å². The van der Waals surface area contributed by atoms with Gasteiger partial charge in [0.2, 0.25) is 0 Å². The van der Waals surface area contributed by atoms with Crippen LogP contribution >= 0.6 is 11.8 Å². The van der Waals surface area contributed by atoms with Gasteiger partial charge in [0.05, 0.1) is 0 Å². The quantitative estimate of drug-likeness (QED) is 0.748. The number of nitrogens with one attached hydrogen (secondary N) is 1. The summed E-state index contributed by atoms with van der Waals surface area (Å²) in [5, 5.41) is 3.46. The minimum absolute atomic E-state index is 0.540. The van der Waals surface area contributed by atoms with Crippen LogP contribution in [0.1, 0.15) is 13.8 Å². The number of rotatable bonds is 6. The van der Waals surface area contributed by atoms with E-state index in [1.54, 1.807) is 11.8 Å². The maximum atomic E-state index is 5.75.